The first kappa shape index (κ1) is 12.1. The maximum absolute atomic E-state index is 11.7. The molecule has 17 heavy (non-hydrogen) atoms. The Hall–Kier alpha value is -1.40. The summed E-state index contributed by atoms with van der Waals surface area (Å²) in [6.07, 6.45) is 4.26. The van der Waals surface area contributed by atoms with Crippen molar-refractivity contribution in [3.63, 3.8) is 0 Å². The van der Waals surface area contributed by atoms with Gasteiger partial charge in [-0.3, -0.25) is 9.48 Å². The van der Waals surface area contributed by atoms with Gasteiger partial charge in [0.1, 0.15) is 0 Å². The predicted molar refractivity (Wildman–Crippen MR) is 60.5 cm³/mol. The maximum atomic E-state index is 11.7. The molecule has 0 spiro atoms. The van der Waals surface area contributed by atoms with Crippen molar-refractivity contribution in [2.24, 2.45) is 7.05 Å². The molecule has 1 aliphatic heterocycles. The Morgan fingerprint density at radius 1 is 1.65 bits per heavy atom. The van der Waals surface area contributed by atoms with E-state index in [1.54, 1.807) is 17.9 Å². The van der Waals surface area contributed by atoms with Gasteiger partial charge in [0, 0.05) is 45.8 Å². The number of aliphatic hydroxyl groups is 1. The third-order valence-corrected chi connectivity index (χ3v) is 2.97. The molecule has 2 heterocycles. The van der Waals surface area contributed by atoms with Crippen LogP contribution in [-0.4, -0.2) is 46.2 Å². The molecule has 6 heteroatoms. The molecule has 0 radical (unpaired) electrons. The predicted octanol–water partition coefficient (Wildman–Crippen LogP) is -0.309. The van der Waals surface area contributed by atoms with E-state index in [1.807, 2.05) is 0 Å². The number of hydrogen-bond acceptors (Lipinski definition) is 4. The zero-order chi connectivity index (χ0) is 12.3. The van der Waals surface area contributed by atoms with Gasteiger partial charge in [0.2, 0.25) is 0 Å². The van der Waals surface area contributed by atoms with E-state index < -0.39 is 5.60 Å². The second kappa shape index (κ2) is 4.85. The minimum absolute atomic E-state index is 0.210. The van der Waals surface area contributed by atoms with Gasteiger partial charge in [0.05, 0.1) is 17.4 Å². The van der Waals surface area contributed by atoms with Crippen molar-refractivity contribution in [1.82, 2.24) is 15.1 Å². The Labute approximate surface area is 99.6 Å². The van der Waals surface area contributed by atoms with Crippen LogP contribution in [0.2, 0.25) is 0 Å². The molecule has 1 fully saturated rings. The van der Waals surface area contributed by atoms with Crippen LogP contribution in [0.4, 0.5) is 0 Å². The number of amides is 1. The Morgan fingerprint density at radius 2 is 2.35 bits per heavy atom. The molecule has 1 amide bonds. The molecule has 1 aromatic heterocycles. The van der Waals surface area contributed by atoms with E-state index in [0.717, 1.165) is 0 Å². The van der Waals surface area contributed by atoms with Gasteiger partial charge in [-0.25, -0.2) is 0 Å². The average molecular weight is 239 g/mol. The molecule has 0 bridgehead atoms. The highest BCUT2D eigenvalue weighted by molar-refractivity contribution is 5.93. The van der Waals surface area contributed by atoms with Crippen molar-refractivity contribution in [3.8, 4) is 0 Å². The Bertz CT molecular complexity index is 396. The number of carbonyl (C=O) groups excluding carboxylic acids is 1. The van der Waals surface area contributed by atoms with Gasteiger partial charge in [0.25, 0.3) is 5.91 Å². The van der Waals surface area contributed by atoms with Gasteiger partial charge in [-0.2, -0.15) is 5.10 Å². The molecule has 1 aromatic rings. The van der Waals surface area contributed by atoms with E-state index in [4.69, 9.17) is 4.74 Å². The average Bonchev–Trinajstić information content (AvgIpc) is 2.74. The number of hydrogen-bond donors (Lipinski definition) is 2. The van der Waals surface area contributed by atoms with Crippen LogP contribution in [-0.2, 0) is 11.8 Å². The van der Waals surface area contributed by atoms with E-state index in [0.29, 0.717) is 31.6 Å². The lowest BCUT2D eigenvalue weighted by molar-refractivity contribution is -0.0605. The second-order valence-electron chi connectivity index (χ2n) is 4.42. The number of aromatic nitrogens is 2. The Balaban J connectivity index is 1.87. The summed E-state index contributed by atoms with van der Waals surface area (Å²) in [5.74, 6) is -0.210. The normalized spacial score (nSPS) is 18.9. The summed E-state index contributed by atoms with van der Waals surface area (Å²) in [5, 5.41) is 16.8. The summed E-state index contributed by atoms with van der Waals surface area (Å²) in [4.78, 5) is 11.7. The summed E-state index contributed by atoms with van der Waals surface area (Å²) in [5.41, 5.74) is -0.334. The highest BCUT2D eigenvalue weighted by atomic mass is 16.5. The first-order valence-corrected chi connectivity index (χ1v) is 5.66. The minimum atomic E-state index is -0.837. The fourth-order valence-electron chi connectivity index (χ4n) is 1.81. The molecule has 0 aromatic carbocycles. The van der Waals surface area contributed by atoms with Crippen LogP contribution in [0.25, 0.3) is 0 Å². The lowest BCUT2D eigenvalue weighted by Gasteiger charge is -2.31. The summed E-state index contributed by atoms with van der Waals surface area (Å²) < 4.78 is 6.74. The van der Waals surface area contributed by atoms with E-state index >= 15 is 0 Å². The number of ether oxygens (including phenoxy) is 1. The lowest BCUT2D eigenvalue weighted by Crippen LogP contribution is -2.46. The SMILES string of the molecule is Cn1cc(C(=O)NCC2(O)CCOCC2)cn1. The van der Waals surface area contributed by atoms with Crippen molar-refractivity contribution in [2.75, 3.05) is 19.8 Å². The molecule has 1 aliphatic rings. The van der Waals surface area contributed by atoms with Gasteiger partial charge >= 0.3 is 0 Å². The van der Waals surface area contributed by atoms with E-state index in [1.165, 1.54) is 6.20 Å². The van der Waals surface area contributed by atoms with Gasteiger partial charge in [-0.05, 0) is 0 Å². The second-order valence-corrected chi connectivity index (χ2v) is 4.42. The van der Waals surface area contributed by atoms with Gasteiger partial charge < -0.3 is 15.2 Å². The van der Waals surface area contributed by atoms with Crippen molar-refractivity contribution >= 4 is 5.91 Å². The first-order valence-electron chi connectivity index (χ1n) is 5.66. The zero-order valence-electron chi connectivity index (χ0n) is 9.85. The van der Waals surface area contributed by atoms with Crippen molar-refractivity contribution in [3.05, 3.63) is 18.0 Å². The van der Waals surface area contributed by atoms with Crippen molar-refractivity contribution in [2.45, 2.75) is 18.4 Å². The van der Waals surface area contributed by atoms with Crippen LogP contribution in [0.15, 0.2) is 12.4 Å². The van der Waals surface area contributed by atoms with Crippen LogP contribution < -0.4 is 5.32 Å². The molecule has 2 N–H and O–H groups in total. The molecule has 0 saturated carbocycles. The van der Waals surface area contributed by atoms with Gasteiger partial charge in [-0.1, -0.05) is 0 Å². The summed E-state index contributed by atoms with van der Waals surface area (Å²) in [6.45, 7) is 1.34. The van der Waals surface area contributed by atoms with Crippen molar-refractivity contribution < 1.29 is 14.6 Å². The lowest BCUT2D eigenvalue weighted by atomic mass is 9.94. The van der Waals surface area contributed by atoms with Crippen molar-refractivity contribution in [1.29, 1.82) is 0 Å². The highest BCUT2D eigenvalue weighted by Gasteiger charge is 2.30. The molecule has 6 nitrogen and oxygen atoms in total. The van der Waals surface area contributed by atoms with Crippen LogP contribution in [0.1, 0.15) is 23.2 Å². The van der Waals surface area contributed by atoms with E-state index in [2.05, 4.69) is 10.4 Å². The standard InChI is InChI=1S/C11H17N3O3/c1-14-7-9(6-13-14)10(15)12-8-11(16)2-4-17-5-3-11/h6-7,16H,2-5,8H2,1H3,(H,12,15). The zero-order valence-corrected chi connectivity index (χ0v) is 9.85. The monoisotopic (exact) mass is 239 g/mol. The molecule has 0 unspecified atom stereocenters. The molecule has 2 rings (SSSR count). The van der Waals surface area contributed by atoms with Crippen LogP contribution in [0.5, 0.6) is 0 Å². The third kappa shape index (κ3) is 3.04. The first-order chi connectivity index (χ1) is 8.09. The minimum Gasteiger partial charge on any atom is -0.388 e. The Kier molecular flexibility index (Phi) is 3.44. The van der Waals surface area contributed by atoms with Gasteiger partial charge in [0.15, 0.2) is 0 Å². The molecule has 94 valence electrons. The number of aryl methyl sites for hydroxylation is 1. The molecule has 0 aliphatic carbocycles. The van der Waals surface area contributed by atoms with E-state index in [-0.39, 0.29) is 12.5 Å². The summed E-state index contributed by atoms with van der Waals surface area (Å²) in [7, 11) is 1.75. The van der Waals surface area contributed by atoms with E-state index in [9.17, 15) is 9.90 Å². The van der Waals surface area contributed by atoms with Crippen LogP contribution in [0, 0.1) is 0 Å². The molecular formula is C11H17N3O3. The molecular weight excluding hydrogens is 222 g/mol. The highest BCUT2D eigenvalue weighted by Crippen LogP contribution is 2.19. The summed E-state index contributed by atoms with van der Waals surface area (Å²) in [6, 6.07) is 0. The number of carbonyl (C=O) groups is 1. The fourth-order valence-corrected chi connectivity index (χ4v) is 1.81. The maximum Gasteiger partial charge on any atom is 0.254 e. The number of rotatable bonds is 3. The summed E-state index contributed by atoms with van der Waals surface area (Å²) >= 11 is 0. The quantitative estimate of drug-likeness (QED) is 0.758. The molecule has 1 saturated heterocycles. The third-order valence-electron chi connectivity index (χ3n) is 2.97. The van der Waals surface area contributed by atoms with Gasteiger partial charge in [-0.15, -0.1) is 0 Å². The van der Waals surface area contributed by atoms with Crippen LogP contribution in [0.3, 0.4) is 0 Å². The Morgan fingerprint density at radius 3 is 2.94 bits per heavy atom. The number of nitrogens with one attached hydrogen (secondary N) is 1. The number of nitrogens with zero attached hydrogens (tertiary/aromatic N) is 2. The fraction of sp³-hybridized carbons (Fsp3) is 0.636. The van der Waals surface area contributed by atoms with Crippen LogP contribution >= 0.6 is 0 Å². The largest absolute Gasteiger partial charge is 0.388 e. The smallest absolute Gasteiger partial charge is 0.254 e. The topological polar surface area (TPSA) is 76.4 Å². The molecule has 0 atom stereocenters.